The van der Waals surface area contributed by atoms with Crippen LogP contribution in [0.25, 0.3) is 0 Å². The molecule has 0 aliphatic heterocycles. The molecule has 0 unspecified atom stereocenters. The van der Waals surface area contributed by atoms with Crippen molar-refractivity contribution in [3.63, 3.8) is 0 Å². The van der Waals surface area contributed by atoms with E-state index in [9.17, 15) is 18.0 Å². The zero-order chi connectivity index (χ0) is 15.9. The van der Waals surface area contributed by atoms with Crippen LogP contribution in [0.3, 0.4) is 0 Å². The minimum Gasteiger partial charge on any atom is -0.466 e. The Hall–Kier alpha value is -1.94. The molecule has 0 aliphatic carbocycles. The molecule has 0 bridgehead atoms. The standard InChI is InChI=1S/C11H17N3O6S/c1-3-19-9(15)5-6-13-21(17,18)10-8(7-12-14-10)11(16)20-4-2/h7,13H,3-6H2,1-2H3,(H,12,14). The van der Waals surface area contributed by atoms with Crippen molar-refractivity contribution in [2.45, 2.75) is 25.3 Å². The van der Waals surface area contributed by atoms with Crippen molar-refractivity contribution in [1.82, 2.24) is 14.9 Å². The first-order valence-electron chi connectivity index (χ1n) is 6.28. The van der Waals surface area contributed by atoms with Gasteiger partial charge in [-0.3, -0.25) is 9.89 Å². The van der Waals surface area contributed by atoms with Crippen LogP contribution in [0.15, 0.2) is 11.2 Å². The first kappa shape index (κ1) is 17.1. The van der Waals surface area contributed by atoms with E-state index in [1.54, 1.807) is 13.8 Å². The highest BCUT2D eigenvalue weighted by Gasteiger charge is 2.25. The SMILES string of the molecule is CCOC(=O)CCNS(=O)(=O)c1[nH]ncc1C(=O)OCC. The molecule has 21 heavy (non-hydrogen) atoms. The second-order valence-corrected chi connectivity index (χ2v) is 5.49. The molecule has 0 aliphatic rings. The number of nitrogens with zero attached hydrogens (tertiary/aromatic N) is 1. The van der Waals surface area contributed by atoms with Gasteiger partial charge < -0.3 is 9.47 Å². The number of aromatic nitrogens is 2. The van der Waals surface area contributed by atoms with Crippen LogP contribution < -0.4 is 4.72 Å². The Balaban J connectivity index is 2.73. The summed E-state index contributed by atoms with van der Waals surface area (Å²) in [6, 6.07) is 0. The van der Waals surface area contributed by atoms with Crippen molar-refractivity contribution >= 4 is 22.0 Å². The molecule has 1 heterocycles. The van der Waals surface area contributed by atoms with E-state index in [2.05, 4.69) is 19.7 Å². The zero-order valence-electron chi connectivity index (χ0n) is 11.7. The van der Waals surface area contributed by atoms with Gasteiger partial charge in [-0.15, -0.1) is 0 Å². The number of nitrogens with one attached hydrogen (secondary N) is 2. The maximum Gasteiger partial charge on any atom is 0.342 e. The summed E-state index contributed by atoms with van der Waals surface area (Å²) in [5.74, 6) is -1.31. The fourth-order valence-corrected chi connectivity index (χ4v) is 2.54. The molecule has 118 valence electrons. The lowest BCUT2D eigenvalue weighted by Crippen LogP contribution is -2.28. The molecule has 0 amide bonds. The predicted octanol–water partition coefficient (Wildman–Crippen LogP) is -0.182. The lowest BCUT2D eigenvalue weighted by Gasteiger charge is -2.06. The molecule has 0 atom stereocenters. The van der Waals surface area contributed by atoms with Gasteiger partial charge in [0, 0.05) is 6.54 Å². The Labute approximate surface area is 122 Å². The summed E-state index contributed by atoms with van der Waals surface area (Å²) in [6.45, 7) is 3.43. The molecule has 10 heteroatoms. The molecule has 0 fully saturated rings. The Morgan fingerprint density at radius 3 is 2.57 bits per heavy atom. The van der Waals surface area contributed by atoms with Gasteiger partial charge in [0.2, 0.25) is 0 Å². The summed E-state index contributed by atoms with van der Waals surface area (Å²) in [5.41, 5.74) is -0.194. The minimum atomic E-state index is -4.00. The van der Waals surface area contributed by atoms with Crippen molar-refractivity contribution in [1.29, 1.82) is 0 Å². The van der Waals surface area contributed by atoms with Gasteiger partial charge in [-0.2, -0.15) is 5.10 Å². The number of aromatic amines is 1. The van der Waals surface area contributed by atoms with E-state index in [0.29, 0.717) is 0 Å². The fraction of sp³-hybridized carbons (Fsp3) is 0.545. The van der Waals surface area contributed by atoms with Gasteiger partial charge in [0.25, 0.3) is 10.0 Å². The third-order valence-electron chi connectivity index (χ3n) is 2.29. The van der Waals surface area contributed by atoms with Crippen molar-refractivity contribution in [3.8, 4) is 0 Å². The molecule has 1 aromatic heterocycles. The third-order valence-corrected chi connectivity index (χ3v) is 3.73. The van der Waals surface area contributed by atoms with E-state index in [1.165, 1.54) is 0 Å². The molecule has 0 saturated carbocycles. The third kappa shape index (κ3) is 4.83. The largest absolute Gasteiger partial charge is 0.466 e. The highest BCUT2D eigenvalue weighted by molar-refractivity contribution is 7.89. The van der Waals surface area contributed by atoms with Crippen molar-refractivity contribution < 1.29 is 27.5 Å². The van der Waals surface area contributed by atoms with Gasteiger partial charge in [0.15, 0.2) is 5.03 Å². The van der Waals surface area contributed by atoms with Crippen LogP contribution in [0.1, 0.15) is 30.6 Å². The number of hydrogen-bond donors (Lipinski definition) is 2. The number of H-pyrrole nitrogens is 1. The average molecular weight is 319 g/mol. The number of carbonyl (C=O) groups is 2. The summed E-state index contributed by atoms with van der Waals surface area (Å²) in [7, 11) is -4.00. The number of ether oxygens (including phenoxy) is 2. The topological polar surface area (TPSA) is 127 Å². The van der Waals surface area contributed by atoms with Gasteiger partial charge in [-0.1, -0.05) is 0 Å². The maximum absolute atomic E-state index is 12.0. The Kier molecular flexibility index (Phi) is 6.31. The van der Waals surface area contributed by atoms with Crippen molar-refractivity contribution in [2.24, 2.45) is 0 Å². The van der Waals surface area contributed by atoms with Gasteiger partial charge in [-0.05, 0) is 13.8 Å². The lowest BCUT2D eigenvalue weighted by molar-refractivity contribution is -0.142. The monoisotopic (exact) mass is 319 g/mol. The number of hydrogen-bond acceptors (Lipinski definition) is 7. The Bertz CT molecular complexity index is 595. The molecule has 0 radical (unpaired) electrons. The van der Waals surface area contributed by atoms with E-state index < -0.39 is 27.0 Å². The van der Waals surface area contributed by atoms with Crippen LogP contribution in [-0.2, 0) is 24.3 Å². The second-order valence-electron chi connectivity index (χ2n) is 3.79. The minimum absolute atomic E-state index is 0.111. The summed E-state index contributed by atoms with van der Waals surface area (Å²) >= 11 is 0. The van der Waals surface area contributed by atoms with Crippen LogP contribution in [0, 0.1) is 0 Å². The predicted molar refractivity (Wildman–Crippen MR) is 71.0 cm³/mol. The summed E-state index contributed by atoms with van der Waals surface area (Å²) in [5, 5.41) is 5.36. The Morgan fingerprint density at radius 1 is 1.29 bits per heavy atom. The van der Waals surface area contributed by atoms with E-state index in [0.717, 1.165) is 6.20 Å². The molecule has 0 spiro atoms. The molecule has 0 saturated heterocycles. The normalized spacial score (nSPS) is 11.1. The van der Waals surface area contributed by atoms with Crippen LogP contribution in [0.5, 0.6) is 0 Å². The number of sulfonamides is 1. The summed E-state index contributed by atoms with van der Waals surface area (Å²) in [4.78, 5) is 22.7. The molecule has 9 nitrogen and oxygen atoms in total. The van der Waals surface area contributed by atoms with Crippen LogP contribution in [-0.4, -0.2) is 50.3 Å². The zero-order valence-corrected chi connectivity index (χ0v) is 12.5. The van der Waals surface area contributed by atoms with Crippen molar-refractivity contribution in [2.75, 3.05) is 19.8 Å². The molecule has 2 N–H and O–H groups in total. The van der Waals surface area contributed by atoms with Crippen LogP contribution in [0.2, 0.25) is 0 Å². The van der Waals surface area contributed by atoms with Gasteiger partial charge >= 0.3 is 11.9 Å². The first-order chi connectivity index (χ1) is 9.92. The number of rotatable bonds is 8. The average Bonchev–Trinajstić information content (AvgIpc) is 2.89. The molecular weight excluding hydrogens is 302 g/mol. The fourth-order valence-electron chi connectivity index (χ4n) is 1.43. The van der Waals surface area contributed by atoms with E-state index >= 15 is 0 Å². The summed E-state index contributed by atoms with van der Waals surface area (Å²) in [6.07, 6.45) is 0.952. The van der Waals surface area contributed by atoms with Crippen molar-refractivity contribution in [3.05, 3.63) is 11.8 Å². The van der Waals surface area contributed by atoms with E-state index in [-0.39, 0.29) is 31.7 Å². The number of carbonyl (C=O) groups excluding carboxylic acids is 2. The quantitative estimate of drug-likeness (QED) is 0.636. The highest BCUT2D eigenvalue weighted by atomic mass is 32.2. The highest BCUT2D eigenvalue weighted by Crippen LogP contribution is 2.13. The smallest absolute Gasteiger partial charge is 0.342 e. The number of esters is 2. The Morgan fingerprint density at radius 2 is 1.95 bits per heavy atom. The van der Waals surface area contributed by atoms with Gasteiger partial charge in [0.05, 0.1) is 25.8 Å². The van der Waals surface area contributed by atoms with E-state index in [1.807, 2.05) is 0 Å². The molecule has 1 aromatic rings. The molecule has 1 rings (SSSR count). The summed E-state index contributed by atoms with van der Waals surface area (Å²) < 4.78 is 35.6. The van der Waals surface area contributed by atoms with E-state index in [4.69, 9.17) is 4.74 Å². The first-order valence-corrected chi connectivity index (χ1v) is 7.76. The van der Waals surface area contributed by atoms with Crippen LogP contribution in [0.4, 0.5) is 0 Å². The molecule has 0 aromatic carbocycles. The maximum atomic E-state index is 12.0. The van der Waals surface area contributed by atoms with Crippen LogP contribution >= 0.6 is 0 Å². The second kappa shape index (κ2) is 7.74. The molecular formula is C11H17N3O6S. The van der Waals surface area contributed by atoms with Gasteiger partial charge in [-0.25, -0.2) is 17.9 Å². The lowest BCUT2D eigenvalue weighted by atomic mass is 10.4. The van der Waals surface area contributed by atoms with Gasteiger partial charge in [0.1, 0.15) is 5.56 Å².